The highest BCUT2D eigenvalue weighted by Crippen LogP contribution is 2.17. The number of aromatic nitrogens is 1. The maximum absolute atomic E-state index is 8.86. The summed E-state index contributed by atoms with van der Waals surface area (Å²) in [4.78, 5) is 0. The van der Waals surface area contributed by atoms with Crippen molar-refractivity contribution in [3.63, 3.8) is 0 Å². The lowest BCUT2D eigenvalue weighted by atomic mass is 9.94. The van der Waals surface area contributed by atoms with E-state index >= 15 is 0 Å². The van der Waals surface area contributed by atoms with Crippen LogP contribution in [0.25, 0.3) is 0 Å². The Morgan fingerprint density at radius 3 is 3.06 bits per heavy atom. The van der Waals surface area contributed by atoms with E-state index in [1.165, 1.54) is 24.8 Å². The predicted molar refractivity (Wildman–Crippen MR) is 68.3 cm³/mol. The van der Waals surface area contributed by atoms with Crippen molar-refractivity contribution in [2.75, 3.05) is 6.54 Å². The molecule has 0 amide bonds. The normalized spacial score (nSPS) is 19.2. The van der Waals surface area contributed by atoms with E-state index in [0.29, 0.717) is 0 Å². The van der Waals surface area contributed by atoms with Crippen LogP contribution < -0.4 is 5.32 Å². The van der Waals surface area contributed by atoms with Crippen molar-refractivity contribution in [1.29, 1.82) is 5.26 Å². The van der Waals surface area contributed by atoms with Crippen molar-refractivity contribution >= 4 is 0 Å². The number of nitrogens with zero attached hydrogens (tertiary/aromatic N) is 2. The van der Waals surface area contributed by atoms with Gasteiger partial charge in [0.05, 0.1) is 0 Å². The second kappa shape index (κ2) is 5.70. The zero-order valence-electron chi connectivity index (χ0n) is 10.3. The number of nitrogens with one attached hydrogen (secondary N) is 1. The van der Waals surface area contributed by atoms with E-state index in [9.17, 15) is 0 Å². The number of aryl methyl sites for hydroxylation is 1. The number of allylic oxidation sites excluding steroid dienone is 2. The molecule has 1 atom stereocenters. The van der Waals surface area contributed by atoms with Crippen molar-refractivity contribution in [3.05, 3.63) is 35.7 Å². The fraction of sp³-hybridized carbons (Fsp3) is 0.500. The van der Waals surface area contributed by atoms with Crippen molar-refractivity contribution in [2.24, 2.45) is 13.0 Å². The van der Waals surface area contributed by atoms with Crippen molar-refractivity contribution < 1.29 is 0 Å². The minimum absolute atomic E-state index is 0.724. The second-order valence-electron chi connectivity index (χ2n) is 4.74. The number of hydrogen-bond acceptors (Lipinski definition) is 2. The van der Waals surface area contributed by atoms with Crippen LogP contribution >= 0.6 is 0 Å². The van der Waals surface area contributed by atoms with Gasteiger partial charge in [0.25, 0.3) is 0 Å². The molecule has 0 aromatic carbocycles. The highest BCUT2D eigenvalue weighted by Gasteiger charge is 2.09. The first-order valence-electron chi connectivity index (χ1n) is 6.20. The summed E-state index contributed by atoms with van der Waals surface area (Å²) in [6, 6.07) is 4.13. The topological polar surface area (TPSA) is 40.8 Å². The molecule has 1 heterocycles. The molecule has 90 valence electrons. The van der Waals surface area contributed by atoms with Gasteiger partial charge in [0.2, 0.25) is 0 Å². The first-order valence-corrected chi connectivity index (χ1v) is 6.20. The molecule has 0 bridgehead atoms. The van der Waals surface area contributed by atoms with Crippen LogP contribution in [-0.2, 0) is 13.6 Å². The molecule has 0 fully saturated rings. The zero-order chi connectivity index (χ0) is 12.1. The summed E-state index contributed by atoms with van der Waals surface area (Å²) < 4.78 is 1.88. The molecule has 0 aliphatic heterocycles. The molecule has 1 aromatic rings. The fourth-order valence-electron chi connectivity index (χ4n) is 2.30. The summed E-state index contributed by atoms with van der Waals surface area (Å²) in [7, 11) is 1.91. The van der Waals surface area contributed by atoms with Gasteiger partial charge in [-0.3, -0.25) is 0 Å². The van der Waals surface area contributed by atoms with E-state index in [0.717, 1.165) is 24.7 Å². The molecule has 3 heteroatoms. The van der Waals surface area contributed by atoms with Gasteiger partial charge in [0, 0.05) is 19.8 Å². The first-order chi connectivity index (χ1) is 8.29. The molecule has 0 radical (unpaired) electrons. The van der Waals surface area contributed by atoms with Gasteiger partial charge in [-0.2, -0.15) is 5.26 Å². The van der Waals surface area contributed by atoms with Crippen molar-refractivity contribution in [3.8, 4) is 6.07 Å². The molecule has 2 rings (SSSR count). The summed E-state index contributed by atoms with van der Waals surface area (Å²) in [6.45, 7) is 1.93. The highest BCUT2D eigenvalue weighted by molar-refractivity contribution is 5.28. The Hall–Kier alpha value is -1.53. The van der Waals surface area contributed by atoms with Gasteiger partial charge in [-0.25, -0.2) is 0 Å². The lowest BCUT2D eigenvalue weighted by Gasteiger charge is -2.17. The largest absolute Gasteiger partial charge is 0.342 e. The van der Waals surface area contributed by atoms with Gasteiger partial charge < -0.3 is 9.88 Å². The van der Waals surface area contributed by atoms with E-state index in [-0.39, 0.29) is 0 Å². The molecule has 1 aliphatic rings. The third-order valence-corrected chi connectivity index (χ3v) is 3.32. The van der Waals surface area contributed by atoms with Crippen LogP contribution in [-0.4, -0.2) is 11.1 Å². The smallest absolute Gasteiger partial charge is 0.120 e. The lowest BCUT2D eigenvalue weighted by Crippen LogP contribution is -2.22. The molecule has 1 N–H and O–H groups in total. The number of rotatable bonds is 4. The average molecular weight is 229 g/mol. The summed E-state index contributed by atoms with van der Waals surface area (Å²) >= 11 is 0. The van der Waals surface area contributed by atoms with Crippen LogP contribution in [0.2, 0.25) is 0 Å². The number of nitriles is 1. The van der Waals surface area contributed by atoms with Crippen LogP contribution in [0.15, 0.2) is 24.4 Å². The Morgan fingerprint density at radius 2 is 2.41 bits per heavy atom. The molecule has 1 unspecified atom stereocenters. The average Bonchev–Trinajstić information content (AvgIpc) is 2.71. The zero-order valence-corrected chi connectivity index (χ0v) is 10.3. The van der Waals surface area contributed by atoms with Crippen LogP contribution in [0.1, 0.15) is 30.5 Å². The highest BCUT2D eigenvalue weighted by atomic mass is 14.9. The minimum Gasteiger partial charge on any atom is -0.342 e. The van der Waals surface area contributed by atoms with E-state index in [4.69, 9.17) is 5.26 Å². The monoisotopic (exact) mass is 229 g/mol. The molecule has 17 heavy (non-hydrogen) atoms. The standard InChI is InChI=1S/C14H19N3/c1-17-11-13(7-14(17)8-15)10-16-9-12-5-3-2-4-6-12/h2-3,7,11-12,16H,4-6,9-10H2,1H3. The molecular formula is C14H19N3. The summed E-state index contributed by atoms with van der Waals surface area (Å²) in [5, 5.41) is 12.3. The third-order valence-electron chi connectivity index (χ3n) is 3.32. The molecule has 3 nitrogen and oxygen atoms in total. The van der Waals surface area contributed by atoms with Gasteiger partial charge in [-0.1, -0.05) is 12.2 Å². The van der Waals surface area contributed by atoms with E-state index in [1.807, 2.05) is 23.9 Å². The summed E-state index contributed by atoms with van der Waals surface area (Å²) in [5.74, 6) is 0.777. The van der Waals surface area contributed by atoms with Crippen LogP contribution in [0.5, 0.6) is 0 Å². The van der Waals surface area contributed by atoms with Gasteiger partial charge in [0.15, 0.2) is 0 Å². The molecular weight excluding hydrogens is 210 g/mol. The van der Waals surface area contributed by atoms with Crippen molar-refractivity contribution in [2.45, 2.75) is 25.8 Å². The molecule has 1 aliphatic carbocycles. The van der Waals surface area contributed by atoms with E-state index < -0.39 is 0 Å². The number of hydrogen-bond donors (Lipinski definition) is 1. The Morgan fingerprint density at radius 1 is 1.53 bits per heavy atom. The molecule has 0 saturated carbocycles. The molecule has 1 aromatic heterocycles. The van der Waals surface area contributed by atoms with E-state index in [2.05, 4.69) is 23.5 Å². The third kappa shape index (κ3) is 3.21. The maximum atomic E-state index is 8.86. The lowest BCUT2D eigenvalue weighted by molar-refractivity contribution is 0.440. The Balaban J connectivity index is 1.78. The van der Waals surface area contributed by atoms with Gasteiger partial charge >= 0.3 is 0 Å². The van der Waals surface area contributed by atoms with Crippen LogP contribution in [0.3, 0.4) is 0 Å². The maximum Gasteiger partial charge on any atom is 0.120 e. The predicted octanol–water partition coefficient (Wildman–Crippen LogP) is 2.34. The SMILES string of the molecule is Cn1cc(CNCC2CC=CCC2)cc1C#N. The first kappa shape index (κ1) is 11.9. The molecule has 0 spiro atoms. The second-order valence-corrected chi connectivity index (χ2v) is 4.74. The van der Waals surface area contributed by atoms with Gasteiger partial charge in [-0.15, -0.1) is 0 Å². The van der Waals surface area contributed by atoms with Gasteiger partial charge in [-0.05, 0) is 43.4 Å². The van der Waals surface area contributed by atoms with Gasteiger partial charge in [0.1, 0.15) is 11.8 Å². The molecule has 0 saturated heterocycles. The Kier molecular flexibility index (Phi) is 4.00. The Labute approximate surface area is 103 Å². The minimum atomic E-state index is 0.724. The van der Waals surface area contributed by atoms with Crippen LogP contribution in [0.4, 0.5) is 0 Å². The van der Waals surface area contributed by atoms with E-state index in [1.54, 1.807) is 0 Å². The van der Waals surface area contributed by atoms with Crippen LogP contribution in [0, 0.1) is 17.2 Å². The fourth-order valence-corrected chi connectivity index (χ4v) is 2.30. The summed E-state index contributed by atoms with van der Waals surface area (Å²) in [6.07, 6.45) is 10.3. The Bertz CT molecular complexity index is 437. The summed E-state index contributed by atoms with van der Waals surface area (Å²) in [5.41, 5.74) is 1.91. The van der Waals surface area contributed by atoms with Crippen molar-refractivity contribution in [1.82, 2.24) is 9.88 Å². The quantitative estimate of drug-likeness (QED) is 0.805.